The van der Waals surface area contributed by atoms with Gasteiger partial charge in [-0.2, -0.15) is 0 Å². The summed E-state index contributed by atoms with van der Waals surface area (Å²) in [5.74, 6) is 0.845. The fourth-order valence-electron chi connectivity index (χ4n) is 0.606. The summed E-state index contributed by atoms with van der Waals surface area (Å²) in [4.78, 5) is 4.03. The van der Waals surface area contributed by atoms with Gasteiger partial charge in [-0.3, -0.25) is 0 Å². The van der Waals surface area contributed by atoms with Gasteiger partial charge in [-0.25, -0.2) is 0 Å². The molecule has 0 amide bonds. The van der Waals surface area contributed by atoms with E-state index in [1.54, 1.807) is 7.11 Å². The molecule has 0 aliphatic carbocycles. The van der Waals surface area contributed by atoms with Gasteiger partial charge in [-0.05, 0) is 0 Å². The molecule has 0 aliphatic rings. The van der Waals surface area contributed by atoms with Crippen LogP contribution in [0.25, 0.3) is 0 Å². The summed E-state index contributed by atoms with van der Waals surface area (Å²) in [5.41, 5.74) is 0.928. The Hall–Kier alpha value is -0.241. The average molecular weight is 191 g/mol. The van der Waals surface area contributed by atoms with Crippen molar-refractivity contribution in [3.8, 4) is 5.75 Å². The number of aliphatic hydroxyl groups is 1. The first-order valence-electron chi connectivity index (χ1n) is 2.58. The van der Waals surface area contributed by atoms with Crippen LogP contribution in [0.2, 0.25) is 0 Å². The molecule has 1 rings (SSSR count). The van der Waals surface area contributed by atoms with Crippen LogP contribution >= 0.6 is 0 Å². The molecule has 2 nitrogen and oxygen atoms in total. The van der Waals surface area contributed by atoms with E-state index in [4.69, 9.17) is 9.84 Å². The molecule has 1 heterocycles. The molecule has 0 fully saturated rings. The van der Waals surface area contributed by atoms with Gasteiger partial charge in [0.15, 0.2) is 0 Å². The SMILES string of the molecule is COc1c[se]cc1CO. The van der Waals surface area contributed by atoms with Crippen LogP contribution in [0.4, 0.5) is 0 Å². The summed E-state index contributed by atoms with van der Waals surface area (Å²) in [7, 11) is 1.62. The maximum atomic E-state index is 8.69. The van der Waals surface area contributed by atoms with Gasteiger partial charge in [-0.15, -0.1) is 0 Å². The third-order valence-corrected chi connectivity index (χ3v) is 2.71. The Morgan fingerprint density at radius 1 is 1.67 bits per heavy atom. The standard InChI is InChI=1S/C6H8O2Se/c1-8-6-4-9-3-5(6)2-7/h3-4,7H,2H2,1H3. The molecule has 9 heavy (non-hydrogen) atoms. The minimum atomic E-state index is 0.0986. The van der Waals surface area contributed by atoms with Gasteiger partial charge in [0.2, 0.25) is 0 Å². The van der Waals surface area contributed by atoms with Crippen molar-refractivity contribution < 1.29 is 9.84 Å². The monoisotopic (exact) mass is 192 g/mol. The Kier molecular flexibility index (Phi) is 2.34. The van der Waals surface area contributed by atoms with Gasteiger partial charge < -0.3 is 0 Å². The number of ether oxygens (including phenoxy) is 1. The Labute approximate surface area is 59.8 Å². The predicted molar refractivity (Wildman–Crippen MR) is 35.9 cm³/mol. The van der Waals surface area contributed by atoms with Crippen LogP contribution in [0.1, 0.15) is 5.56 Å². The number of methoxy groups -OCH3 is 1. The van der Waals surface area contributed by atoms with Crippen molar-refractivity contribution >= 4 is 14.5 Å². The number of hydrogen-bond acceptors (Lipinski definition) is 2. The van der Waals surface area contributed by atoms with Gasteiger partial charge in [-0.1, -0.05) is 0 Å². The zero-order valence-corrected chi connectivity index (χ0v) is 6.84. The van der Waals surface area contributed by atoms with Crippen molar-refractivity contribution in [2.45, 2.75) is 6.61 Å². The van der Waals surface area contributed by atoms with Gasteiger partial charge in [0, 0.05) is 0 Å². The van der Waals surface area contributed by atoms with E-state index in [9.17, 15) is 0 Å². The number of aliphatic hydroxyl groups excluding tert-OH is 1. The van der Waals surface area contributed by atoms with Gasteiger partial charge >= 0.3 is 59.3 Å². The topological polar surface area (TPSA) is 29.5 Å². The molecule has 0 aliphatic heterocycles. The molecule has 0 saturated carbocycles. The molecular formula is C6H8O2Se. The number of rotatable bonds is 2. The van der Waals surface area contributed by atoms with Crippen molar-refractivity contribution in [2.75, 3.05) is 7.11 Å². The van der Waals surface area contributed by atoms with Gasteiger partial charge in [0.05, 0.1) is 0 Å². The molecule has 0 unspecified atom stereocenters. The average Bonchev–Trinajstić information content (AvgIpc) is 2.33. The van der Waals surface area contributed by atoms with Crippen LogP contribution < -0.4 is 4.74 Å². The third kappa shape index (κ3) is 1.36. The van der Waals surface area contributed by atoms with Crippen molar-refractivity contribution in [3.05, 3.63) is 15.4 Å². The molecule has 3 heteroatoms. The van der Waals surface area contributed by atoms with Crippen LogP contribution in [-0.2, 0) is 6.61 Å². The van der Waals surface area contributed by atoms with Crippen molar-refractivity contribution in [3.63, 3.8) is 0 Å². The number of hydrogen-bond donors (Lipinski definition) is 1. The molecule has 1 aromatic rings. The Balaban J connectivity index is 2.85. The molecule has 1 N–H and O–H groups in total. The quantitative estimate of drug-likeness (QED) is 0.678. The van der Waals surface area contributed by atoms with Gasteiger partial charge in [0.1, 0.15) is 0 Å². The van der Waals surface area contributed by atoms with E-state index in [-0.39, 0.29) is 6.61 Å². The van der Waals surface area contributed by atoms with Crippen LogP contribution in [0.5, 0.6) is 5.75 Å². The minimum absolute atomic E-state index is 0.0986. The third-order valence-electron chi connectivity index (χ3n) is 1.09. The van der Waals surface area contributed by atoms with Crippen molar-refractivity contribution in [2.24, 2.45) is 0 Å². The Morgan fingerprint density at radius 3 is 2.89 bits per heavy atom. The van der Waals surface area contributed by atoms with Crippen LogP contribution in [0.15, 0.2) is 9.88 Å². The first-order valence-corrected chi connectivity index (χ1v) is 4.56. The van der Waals surface area contributed by atoms with Gasteiger partial charge in [0.25, 0.3) is 0 Å². The van der Waals surface area contributed by atoms with E-state index >= 15 is 0 Å². The van der Waals surface area contributed by atoms with Crippen molar-refractivity contribution in [1.82, 2.24) is 0 Å². The molecule has 0 bridgehead atoms. The van der Waals surface area contributed by atoms with E-state index in [1.165, 1.54) is 0 Å². The van der Waals surface area contributed by atoms with E-state index < -0.39 is 0 Å². The molecule has 50 valence electrons. The van der Waals surface area contributed by atoms with E-state index in [2.05, 4.69) is 0 Å². The first kappa shape index (κ1) is 6.87. The summed E-state index contributed by atoms with van der Waals surface area (Å²) in [6.07, 6.45) is 0. The van der Waals surface area contributed by atoms with Crippen LogP contribution in [0, 0.1) is 0 Å². The molecule has 1 aromatic heterocycles. The van der Waals surface area contributed by atoms with E-state index in [0.29, 0.717) is 14.5 Å². The van der Waals surface area contributed by atoms with Crippen molar-refractivity contribution in [1.29, 1.82) is 0 Å². The maximum absolute atomic E-state index is 8.69. The summed E-state index contributed by atoms with van der Waals surface area (Å²) >= 11 is 0.406. The van der Waals surface area contributed by atoms with Crippen LogP contribution in [0.3, 0.4) is 0 Å². The second-order valence-corrected chi connectivity index (χ2v) is 3.18. The zero-order valence-electron chi connectivity index (χ0n) is 5.13. The summed E-state index contributed by atoms with van der Waals surface area (Å²) in [5, 5.41) is 8.69. The predicted octanol–water partition coefficient (Wildman–Crippen LogP) is 0.244. The second kappa shape index (κ2) is 3.06. The second-order valence-electron chi connectivity index (χ2n) is 1.62. The Bertz CT molecular complexity index is 164. The molecule has 0 atom stereocenters. The molecule has 0 spiro atoms. The normalized spacial score (nSPS) is 9.56. The Morgan fingerprint density at radius 2 is 2.44 bits per heavy atom. The zero-order chi connectivity index (χ0) is 6.69. The summed E-state index contributed by atoms with van der Waals surface area (Å²) in [6.45, 7) is 0.0986. The molecule has 0 radical (unpaired) electrons. The fraction of sp³-hybridized carbons (Fsp3) is 0.333. The molecule has 0 saturated heterocycles. The fourth-order valence-corrected chi connectivity index (χ4v) is 2.27. The molecule has 0 aromatic carbocycles. The first-order chi connectivity index (χ1) is 4.38. The van der Waals surface area contributed by atoms with E-state index in [1.807, 2.05) is 9.88 Å². The molecular weight excluding hydrogens is 183 g/mol. The van der Waals surface area contributed by atoms with Crippen LogP contribution in [-0.4, -0.2) is 26.7 Å². The van der Waals surface area contributed by atoms with E-state index in [0.717, 1.165) is 11.3 Å². The summed E-state index contributed by atoms with van der Waals surface area (Å²) < 4.78 is 4.96. The summed E-state index contributed by atoms with van der Waals surface area (Å²) in [6, 6.07) is 0.